The second-order valence-electron chi connectivity index (χ2n) is 13.9. The van der Waals surface area contributed by atoms with Crippen LogP contribution in [0.5, 0.6) is 0 Å². The van der Waals surface area contributed by atoms with Gasteiger partial charge in [0.15, 0.2) is 0 Å². The number of allylic oxidation sites excluding steroid dienone is 6. The van der Waals surface area contributed by atoms with E-state index in [1.165, 1.54) is 115 Å². The van der Waals surface area contributed by atoms with Crippen LogP contribution in [-0.4, -0.2) is 3.21 Å². The molecule has 0 bridgehead atoms. The first-order valence-electron chi connectivity index (χ1n) is 17.6. The Balaban J connectivity index is 0.000000171. The Morgan fingerprint density at radius 1 is 0.727 bits per heavy atom. The van der Waals surface area contributed by atoms with Gasteiger partial charge in [0.05, 0.1) is 0 Å². The summed E-state index contributed by atoms with van der Waals surface area (Å²) in [6.45, 7) is 0. The van der Waals surface area contributed by atoms with E-state index in [9.17, 15) is 0 Å². The molecule has 0 aromatic heterocycles. The van der Waals surface area contributed by atoms with E-state index in [1.807, 2.05) is 33.5 Å². The monoisotopic (exact) mass is 704 g/mol. The molecule has 0 saturated heterocycles. The Bertz CT molecular complexity index is 1210. The first kappa shape index (κ1) is 35.8. The van der Waals surface area contributed by atoms with Gasteiger partial charge in [0.25, 0.3) is 0 Å². The third-order valence-electron chi connectivity index (χ3n) is 11.0. The summed E-state index contributed by atoms with van der Waals surface area (Å²) < 4.78 is 1.91. The minimum atomic E-state index is 0. The standard InChI is InChI=1S/C21H21.C15H26.C5H5.2ClH.Zr/c1-2-8-15-14(7-1)13-20-18-11-4-3-9-16(18)17-10-5-6-12-19(17)21(15)20;1-3-8-14(9-4-1)12-7-13-15-10-5-2-6-11-15;1-2-4-5-3-1;;;/h1-2,6-8,11-12,16-17H,3-5,9-10,13H2;14-15H,1-6,8-13H2;1-5H;2*1H;/q-1;;-1;;;+2/p-2. The molecule has 3 saturated carbocycles. The molecule has 6 aliphatic rings. The molecule has 236 valence electrons. The fraction of sp³-hybridized carbons (Fsp3) is 0.537. The minimum absolute atomic E-state index is 0. The molecule has 2 unspecified atom stereocenters. The van der Waals surface area contributed by atoms with Crippen molar-refractivity contribution in [3.05, 3.63) is 101 Å². The Labute approximate surface area is 296 Å². The maximum absolute atomic E-state index is 2.57. The molecule has 2 atom stereocenters. The van der Waals surface area contributed by atoms with E-state index in [2.05, 4.69) is 42.8 Å². The van der Waals surface area contributed by atoms with E-state index in [0.29, 0.717) is 0 Å². The third-order valence-corrected chi connectivity index (χ3v) is 12.0. The zero-order chi connectivity index (χ0) is 28.6. The van der Waals surface area contributed by atoms with Crippen molar-refractivity contribution < 1.29 is 49.0 Å². The van der Waals surface area contributed by atoms with Gasteiger partial charge in [-0.3, -0.25) is 0 Å². The van der Waals surface area contributed by atoms with E-state index in [1.54, 1.807) is 52.1 Å². The molecule has 8 rings (SSSR count). The van der Waals surface area contributed by atoms with Crippen LogP contribution in [-0.2, 0) is 30.7 Å². The van der Waals surface area contributed by atoms with Gasteiger partial charge in [-0.05, 0) is 36.7 Å². The number of halogens is 2. The number of fused-ring (bicyclic) bond motifs is 6. The Morgan fingerprint density at radius 2 is 1.39 bits per heavy atom. The van der Waals surface area contributed by atoms with Crippen LogP contribution in [0.1, 0.15) is 120 Å². The molecule has 0 N–H and O–H groups in total. The van der Waals surface area contributed by atoms with E-state index in [4.69, 9.17) is 0 Å². The molecule has 44 heavy (non-hydrogen) atoms. The van der Waals surface area contributed by atoms with Crippen LogP contribution >= 0.6 is 0 Å². The van der Waals surface area contributed by atoms with Crippen LogP contribution in [0.2, 0.25) is 0 Å². The summed E-state index contributed by atoms with van der Waals surface area (Å²) in [4.78, 5) is 0. The molecular formula is C41H52Cl2Zr-2. The molecule has 0 nitrogen and oxygen atoms in total. The van der Waals surface area contributed by atoms with Gasteiger partial charge in [0, 0.05) is 0 Å². The van der Waals surface area contributed by atoms with Crippen LogP contribution in [0, 0.1) is 30.1 Å². The molecule has 3 fully saturated rings. The normalized spacial score (nSPS) is 24.0. The number of rotatable bonds is 4. The summed E-state index contributed by atoms with van der Waals surface area (Å²) in [7, 11) is 0. The van der Waals surface area contributed by atoms with Crippen LogP contribution in [0.25, 0.3) is 5.57 Å². The number of hydrogen-bond acceptors (Lipinski definition) is 0. The van der Waals surface area contributed by atoms with E-state index in [-0.39, 0.29) is 24.8 Å². The smallest absolute Gasteiger partial charge is 0.172 e. The van der Waals surface area contributed by atoms with E-state index >= 15 is 0 Å². The van der Waals surface area contributed by atoms with Crippen molar-refractivity contribution in [3.8, 4) is 0 Å². The molecule has 0 amide bonds. The quantitative estimate of drug-likeness (QED) is 0.377. The van der Waals surface area contributed by atoms with E-state index < -0.39 is 0 Å². The molecular weight excluding hydrogens is 655 g/mol. The molecule has 2 aromatic carbocycles. The Kier molecular flexibility index (Phi) is 15.0. The van der Waals surface area contributed by atoms with Crippen molar-refractivity contribution in [2.45, 2.75) is 116 Å². The predicted molar refractivity (Wildman–Crippen MR) is 177 cm³/mol. The molecule has 0 radical (unpaired) electrons. The van der Waals surface area contributed by atoms with Crippen molar-refractivity contribution in [1.29, 1.82) is 0 Å². The Morgan fingerprint density at radius 3 is 2.02 bits per heavy atom. The fourth-order valence-electron chi connectivity index (χ4n) is 8.94. The van der Waals surface area contributed by atoms with Gasteiger partial charge in [0.2, 0.25) is 0 Å². The first-order valence-corrected chi connectivity index (χ1v) is 18.8. The zero-order valence-corrected chi connectivity index (χ0v) is 30.7. The molecule has 0 spiro atoms. The van der Waals surface area contributed by atoms with Crippen LogP contribution < -0.4 is 24.8 Å². The predicted octanol–water partition coefficient (Wildman–Crippen LogP) is 5.34. The van der Waals surface area contributed by atoms with Gasteiger partial charge in [-0.1, -0.05) is 66.0 Å². The Hall–Kier alpha value is -1.01. The topological polar surface area (TPSA) is 0 Å². The number of hydrogen-bond donors (Lipinski definition) is 0. The molecule has 3 heteroatoms. The zero-order valence-electron chi connectivity index (χ0n) is 26.7. The summed E-state index contributed by atoms with van der Waals surface area (Å²) in [6.07, 6.45) is 33.5. The van der Waals surface area contributed by atoms with Crippen molar-refractivity contribution in [3.63, 3.8) is 0 Å². The largest absolute Gasteiger partial charge is 0.214 e. The van der Waals surface area contributed by atoms with Gasteiger partial charge in [-0.15, -0.1) is 6.42 Å². The van der Waals surface area contributed by atoms with Gasteiger partial charge < -0.3 is 24.8 Å². The van der Waals surface area contributed by atoms with Crippen molar-refractivity contribution in [2.24, 2.45) is 23.7 Å². The second kappa shape index (κ2) is 18.4. The van der Waals surface area contributed by atoms with Gasteiger partial charge in [-0.25, -0.2) is 24.1 Å². The summed E-state index contributed by atoms with van der Waals surface area (Å²) >= 11 is 1.75. The second-order valence-corrected chi connectivity index (χ2v) is 15.6. The molecule has 6 aliphatic carbocycles. The van der Waals surface area contributed by atoms with Crippen LogP contribution in [0.4, 0.5) is 0 Å². The number of benzene rings is 1. The molecule has 2 aromatic rings. The molecule has 0 heterocycles. The first-order chi connectivity index (χ1) is 20.8. The van der Waals surface area contributed by atoms with Crippen molar-refractivity contribution in [2.75, 3.05) is 0 Å². The van der Waals surface area contributed by atoms with Gasteiger partial charge in [-0.2, -0.15) is 23.8 Å². The summed E-state index contributed by atoms with van der Waals surface area (Å²) in [5, 5.41) is 0. The SMILES string of the molecule is C1=CC2=C3C(=C4[CH-]CCCC4C2CC1)Cc1ccccc13.[Cl-].[Cl-].[Zr+2]=[C](CC1CCCCC1)CC1CCCCC1.c1cc[cH-]c1. The van der Waals surface area contributed by atoms with E-state index in [0.717, 1.165) is 30.1 Å². The van der Waals surface area contributed by atoms with Gasteiger partial charge >= 0.3 is 116 Å². The molecule has 0 aliphatic heterocycles. The minimum Gasteiger partial charge on any atom is -0.214 e. The van der Waals surface area contributed by atoms with Crippen molar-refractivity contribution in [1.82, 2.24) is 0 Å². The van der Waals surface area contributed by atoms with Crippen LogP contribution in [0.15, 0.2) is 83.5 Å². The summed E-state index contributed by atoms with van der Waals surface area (Å²) in [5.41, 5.74) is 9.71. The maximum Gasteiger partial charge on any atom is -0.172 e. The third kappa shape index (κ3) is 9.08. The summed E-state index contributed by atoms with van der Waals surface area (Å²) in [6, 6.07) is 19.1. The van der Waals surface area contributed by atoms with Gasteiger partial charge in [0.1, 0.15) is 0 Å². The maximum atomic E-state index is 2.57. The average Bonchev–Trinajstić information content (AvgIpc) is 3.75. The average molecular weight is 707 g/mol. The van der Waals surface area contributed by atoms with Crippen molar-refractivity contribution >= 4 is 8.78 Å². The van der Waals surface area contributed by atoms with Crippen LogP contribution in [0.3, 0.4) is 0 Å². The summed E-state index contributed by atoms with van der Waals surface area (Å²) in [5.74, 6) is 3.75. The fourth-order valence-corrected chi connectivity index (χ4v) is 10.4.